The number of halogens is 1. The summed E-state index contributed by atoms with van der Waals surface area (Å²) in [7, 11) is 0. The molecule has 124 valence electrons. The Labute approximate surface area is 152 Å². The van der Waals surface area contributed by atoms with Crippen LogP contribution >= 0.6 is 12.2 Å². The molecule has 0 bridgehead atoms. The molecule has 25 heavy (non-hydrogen) atoms. The average Bonchev–Trinajstić information content (AvgIpc) is 2.65. The van der Waals surface area contributed by atoms with Crippen LogP contribution in [0.1, 0.15) is 18.1 Å². The van der Waals surface area contributed by atoms with E-state index in [1.807, 2.05) is 25.1 Å². The second-order valence-corrected chi connectivity index (χ2v) is 6.14. The maximum atomic E-state index is 14.2. The standard InChI is InChI=1S/C22H18FNS/c1-3-16-4-6-17(7-5-16)18-8-10-19(11-9-18)20-12-15(2)22(24-14-25)21(23)13-20/h4-13H,3H2,1-2H3. The highest BCUT2D eigenvalue weighted by molar-refractivity contribution is 7.78. The SMILES string of the molecule is CCc1ccc(-c2ccc(-c3cc(C)c(N=C=S)c(F)c3)cc2)cc1. The Bertz CT molecular complexity index is 914. The van der Waals surface area contributed by atoms with Crippen molar-refractivity contribution in [1.29, 1.82) is 0 Å². The van der Waals surface area contributed by atoms with E-state index in [0.29, 0.717) is 0 Å². The van der Waals surface area contributed by atoms with Gasteiger partial charge in [-0.25, -0.2) is 4.39 Å². The number of benzene rings is 3. The summed E-state index contributed by atoms with van der Waals surface area (Å²) in [5.74, 6) is -0.383. The lowest BCUT2D eigenvalue weighted by Gasteiger charge is -2.08. The van der Waals surface area contributed by atoms with Crippen molar-refractivity contribution < 1.29 is 4.39 Å². The van der Waals surface area contributed by atoms with Crippen LogP contribution in [0.4, 0.5) is 10.1 Å². The first kappa shape index (κ1) is 17.2. The van der Waals surface area contributed by atoms with Crippen molar-refractivity contribution >= 4 is 23.1 Å². The van der Waals surface area contributed by atoms with Gasteiger partial charge in [0.1, 0.15) is 5.69 Å². The third-order valence-electron chi connectivity index (χ3n) is 4.33. The number of nitrogens with zero attached hydrogens (tertiary/aromatic N) is 1. The maximum absolute atomic E-state index is 14.2. The van der Waals surface area contributed by atoms with E-state index in [1.54, 1.807) is 0 Å². The fourth-order valence-corrected chi connectivity index (χ4v) is 2.97. The zero-order valence-electron chi connectivity index (χ0n) is 14.2. The molecule has 0 spiro atoms. The lowest BCUT2D eigenvalue weighted by molar-refractivity contribution is 0.629. The molecule has 0 atom stereocenters. The molecule has 0 aliphatic heterocycles. The molecule has 0 aliphatic carbocycles. The fourth-order valence-electron chi connectivity index (χ4n) is 2.88. The van der Waals surface area contributed by atoms with Crippen molar-refractivity contribution in [2.75, 3.05) is 0 Å². The van der Waals surface area contributed by atoms with Gasteiger partial charge in [0, 0.05) is 0 Å². The molecule has 0 fully saturated rings. The third-order valence-corrected chi connectivity index (χ3v) is 4.42. The van der Waals surface area contributed by atoms with Crippen LogP contribution in [0, 0.1) is 12.7 Å². The molecular formula is C22H18FNS. The lowest BCUT2D eigenvalue weighted by atomic mass is 9.98. The molecule has 3 heteroatoms. The lowest BCUT2D eigenvalue weighted by Crippen LogP contribution is -1.87. The van der Waals surface area contributed by atoms with Gasteiger partial charge < -0.3 is 0 Å². The van der Waals surface area contributed by atoms with Crippen molar-refractivity contribution in [3.05, 3.63) is 77.6 Å². The van der Waals surface area contributed by atoms with Gasteiger partial charge in [0.25, 0.3) is 0 Å². The molecule has 0 saturated carbocycles. The second kappa shape index (κ2) is 7.52. The molecule has 0 heterocycles. The van der Waals surface area contributed by atoms with Crippen LogP contribution in [0.15, 0.2) is 65.7 Å². The van der Waals surface area contributed by atoms with Gasteiger partial charge in [-0.2, -0.15) is 4.99 Å². The number of thiocarbonyl (C=S) groups is 1. The topological polar surface area (TPSA) is 12.4 Å². The highest BCUT2D eigenvalue weighted by Crippen LogP contribution is 2.31. The van der Waals surface area contributed by atoms with E-state index in [0.717, 1.165) is 28.7 Å². The van der Waals surface area contributed by atoms with Gasteiger partial charge in [0.15, 0.2) is 5.82 Å². The van der Waals surface area contributed by atoms with Gasteiger partial charge in [0.2, 0.25) is 0 Å². The smallest absolute Gasteiger partial charge is 0.150 e. The molecule has 0 aromatic heterocycles. The van der Waals surface area contributed by atoms with Gasteiger partial charge in [-0.15, -0.1) is 0 Å². The summed E-state index contributed by atoms with van der Waals surface area (Å²) >= 11 is 4.57. The van der Waals surface area contributed by atoms with E-state index in [2.05, 4.69) is 65.7 Å². The zero-order valence-corrected chi connectivity index (χ0v) is 15.0. The van der Waals surface area contributed by atoms with Gasteiger partial charge >= 0.3 is 0 Å². The minimum atomic E-state index is -0.383. The molecule has 3 rings (SSSR count). The van der Waals surface area contributed by atoms with Crippen LogP contribution in [-0.4, -0.2) is 5.16 Å². The third kappa shape index (κ3) is 3.74. The summed E-state index contributed by atoms with van der Waals surface area (Å²) in [6.45, 7) is 3.97. The molecule has 0 aliphatic rings. The Morgan fingerprint density at radius 1 is 0.880 bits per heavy atom. The molecule has 0 radical (unpaired) electrons. The van der Waals surface area contributed by atoms with Crippen LogP contribution in [-0.2, 0) is 6.42 Å². The molecular weight excluding hydrogens is 329 g/mol. The number of hydrogen-bond donors (Lipinski definition) is 0. The van der Waals surface area contributed by atoms with E-state index < -0.39 is 0 Å². The minimum absolute atomic E-state index is 0.256. The predicted molar refractivity (Wildman–Crippen MR) is 106 cm³/mol. The highest BCUT2D eigenvalue weighted by Gasteiger charge is 2.09. The van der Waals surface area contributed by atoms with Crippen molar-refractivity contribution in [3.8, 4) is 22.3 Å². The number of hydrogen-bond acceptors (Lipinski definition) is 2. The first-order chi connectivity index (χ1) is 12.1. The Balaban J connectivity index is 1.93. The summed E-state index contributed by atoms with van der Waals surface area (Å²) < 4.78 is 14.2. The monoisotopic (exact) mass is 347 g/mol. The van der Waals surface area contributed by atoms with Crippen LogP contribution in [0.5, 0.6) is 0 Å². The first-order valence-electron chi connectivity index (χ1n) is 8.20. The Morgan fingerprint density at radius 3 is 1.88 bits per heavy atom. The normalized spacial score (nSPS) is 10.4. The predicted octanol–water partition coefficient (Wildman–Crippen LogP) is 6.76. The summed E-state index contributed by atoms with van der Waals surface area (Å²) in [4.78, 5) is 3.80. The number of rotatable bonds is 4. The van der Waals surface area contributed by atoms with E-state index >= 15 is 0 Å². The molecule has 0 unspecified atom stereocenters. The summed E-state index contributed by atoms with van der Waals surface area (Å²) in [6.07, 6.45) is 1.04. The quantitative estimate of drug-likeness (QED) is 0.375. The zero-order chi connectivity index (χ0) is 17.8. The molecule has 3 aromatic rings. The van der Waals surface area contributed by atoms with Crippen LogP contribution in [0.3, 0.4) is 0 Å². The first-order valence-corrected chi connectivity index (χ1v) is 8.61. The fraction of sp³-hybridized carbons (Fsp3) is 0.136. The second-order valence-electron chi connectivity index (χ2n) is 5.95. The molecule has 3 aromatic carbocycles. The molecule has 0 saturated heterocycles. The highest BCUT2D eigenvalue weighted by atomic mass is 32.1. The molecule has 1 nitrogen and oxygen atoms in total. The number of aryl methyl sites for hydroxylation is 2. The van der Waals surface area contributed by atoms with Crippen molar-refractivity contribution in [1.82, 2.24) is 0 Å². The Hall–Kier alpha value is -2.61. The molecule has 0 N–H and O–H groups in total. The van der Waals surface area contributed by atoms with Gasteiger partial charge in [-0.1, -0.05) is 55.5 Å². The molecule has 0 amide bonds. The largest absolute Gasteiger partial charge is 0.205 e. The van der Waals surface area contributed by atoms with E-state index in [4.69, 9.17) is 0 Å². The van der Waals surface area contributed by atoms with E-state index in [-0.39, 0.29) is 11.5 Å². The van der Waals surface area contributed by atoms with Crippen molar-refractivity contribution in [2.24, 2.45) is 4.99 Å². The summed E-state index contributed by atoms with van der Waals surface area (Å²) in [5.41, 5.74) is 6.44. The van der Waals surface area contributed by atoms with E-state index in [9.17, 15) is 4.39 Å². The van der Waals surface area contributed by atoms with Crippen molar-refractivity contribution in [3.63, 3.8) is 0 Å². The number of isothiocyanates is 1. The van der Waals surface area contributed by atoms with Gasteiger partial charge in [0.05, 0.1) is 5.16 Å². The van der Waals surface area contributed by atoms with Gasteiger partial charge in [-0.3, -0.25) is 0 Å². The Morgan fingerprint density at radius 2 is 1.40 bits per heavy atom. The minimum Gasteiger partial charge on any atom is -0.205 e. The average molecular weight is 347 g/mol. The van der Waals surface area contributed by atoms with E-state index in [1.165, 1.54) is 17.2 Å². The summed E-state index contributed by atoms with van der Waals surface area (Å²) in [6, 6.07) is 20.1. The maximum Gasteiger partial charge on any atom is 0.150 e. The Kier molecular flexibility index (Phi) is 5.18. The summed E-state index contributed by atoms with van der Waals surface area (Å²) in [5, 5.41) is 2.23. The number of aliphatic imine (C=N–C) groups is 1. The van der Waals surface area contributed by atoms with Gasteiger partial charge in [-0.05, 0) is 71.1 Å². The van der Waals surface area contributed by atoms with Crippen molar-refractivity contribution in [2.45, 2.75) is 20.3 Å². The van der Waals surface area contributed by atoms with Crippen LogP contribution in [0.2, 0.25) is 0 Å². The van der Waals surface area contributed by atoms with Crippen LogP contribution in [0.25, 0.3) is 22.3 Å². The van der Waals surface area contributed by atoms with Crippen LogP contribution < -0.4 is 0 Å².